The zero-order valence-corrected chi connectivity index (χ0v) is 21.2. The highest BCUT2D eigenvalue weighted by Gasteiger charge is 2.49. The van der Waals surface area contributed by atoms with Gasteiger partial charge in [-0.1, -0.05) is 30.3 Å². The molecule has 2 heterocycles. The Hall–Kier alpha value is -2.89. The van der Waals surface area contributed by atoms with Crippen LogP contribution in [0, 0.1) is 6.92 Å². The summed E-state index contributed by atoms with van der Waals surface area (Å²) in [5.41, 5.74) is -1.32. The normalized spacial score (nSPS) is 34.4. The van der Waals surface area contributed by atoms with Crippen LogP contribution in [-0.2, 0) is 9.47 Å². The number of carbonyl (C=O) groups excluding carboxylic acids is 1. The average Bonchev–Trinajstić information content (AvgIpc) is 2.96. The minimum Gasteiger partial charge on any atom is -0.507 e. The summed E-state index contributed by atoms with van der Waals surface area (Å²) in [6.07, 6.45) is -17.6. The van der Waals surface area contributed by atoms with Crippen LogP contribution in [0.25, 0.3) is 0 Å². The van der Waals surface area contributed by atoms with E-state index in [9.17, 15) is 55.9 Å². The van der Waals surface area contributed by atoms with Crippen LogP contribution in [0.3, 0.4) is 0 Å². The van der Waals surface area contributed by atoms with Crippen LogP contribution in [0.4, 0.5) is 0 Å². The van der Waals surface area contributed by atoms with Crippen molar-refractivity contribution < 1.29 is 70.1 Å². The Kier molecular flexibility index (Phi) is 8.96. The van der Waals surface area contributed by atoms with Crippen molar-refractivity contribution in [2.24, 2.45) is 0 Å². The van der Waals surface area contributed by atoms with Crippen molar-refractivity contribution in [3.8, 4) is 17.2 Å². The number of ketones is 1. The number of phenolic OH excluding ortho intramolecular Hbond substituents is 2. The van der Waals surface area contributed by atoms with Gasteiger partial charge in [-0.05, 0) is 6.92 Å². The van der Waals surface area contributed by atoms with Crippen LogP contribution in [-0.4, -0.2) is 125 Å². The molecule has 0 amide bonds. The maximum Gasteiger partial charge on any atom is 0.229 e. The molecule has 10 N–H and O–H groups in total. The zero-order valence-electron chi connectivity index (χ0n) is 21.2. The summed E-state index contributed by atoms with van der Waals surface area (Å²) in [4.78, 5) is 13.4. The second kappa shape index (κ2) is 11.9. The van der Waals surface area contributed by atoms with Crippen molar-refractivity contribution in [1.82, 2.24) is 0 Å². The molecule has 0 aromatic heterocycles. The fourth-order valence-corrected chi connectivity index (χ4v) is 4.84. The van der Waals surface area contributed by atoms with Gasteiger partial charge in [0.15, 0.2) is 0 Å². The first-order chi connectivity index (χ1) is 18.9. The van der Waals surface area contributed by atoms with E-state index in [1.54, 1.807) is 18.2 Å². The van der Waals surface area contributed by atoms with Crippen LogP contribution >= 0.6 is 0 Å². The summed E-state index contributed by atoms with van der Waals surface area (Å²) in [7, 11) is 0. The second-order valence-electron chi connectivity index (χ2n) is 9.70. The van der Waals surface area contributed by atoms with E-state index in [0.29, 0.717) is 0 Å². The lowest BCUT2D eigenvalue weighted by Crippen LogP contribution is -2.60. The molecule has 10 atom stereocenters. The summed E-state index contributed by atoms with van der Waals surface area (Å²) >= 11 is 0. The third-order valence-corrected chi connectivity index (χ3v) is 7.19. The summed E-state index contributed by atoms with van der Waals surface area (Å²) in [5.74, 6) is -3.09. The van der Waals surface area contributed by atoms with E-state index in [-0.39, 0.29) is 11.1 Å². The Bertz CT molecular complexity index is 1200. The highest BCUT2D eigenvalue weighted by atomic mass is 16.7. The number of ether oxygens (including phenoxy) is 3. The predicted molar refractivity (Wildman–Crippen MR) is 131 cm³/mol. The largest absolute Gasteiger partial charge is 0.507 e. The Labute approximate surface area is 227 Å². The number of hydrogen-bond acceptors (Lipinski definition) is 14. The molecule has 0 spiro atoms. The Morgan fingerprint density at radius 1 is 0.775 bits per heavy atom. The first-order valence-corrected chi connectivity index (χ1v) is 12.4. The van der Waals surface area contributed by atoms with Gasteiger partial charge in [0.1, 0.15) is 77.7 Å². The van der Waals surface area contributed by atoms with Gasteiger partial charge in [-0.15, -0.1) is 0 Å². The quantitative estimate of drug-likeness (QED) is 0.153. The molecule has 2 aliphatic heterocycles. The van der Waals surface area contributed by atoms with Crippen molar-refractivity contribution >= 4 is 5.78 Å². The van der Waals surface area contributed by atoms with E-state index in [2.05, 4.69) is 0 Å². The SMILES string of the molecule is Cc1c(O)c(C(=O)c2ccccc2)c(O)c([C@@H]2O[C@H](CO)[C@@H](O)[C@H](O)[C@H]2O)c1O[C@H]1O[C@H](CO)[C@@H](O)[C@H](O)[C@H]1O. The maximum atomic E-state index is 13.4. The number of aromatic hydroxyl groups is 2. The highest BCUT2D eigenvalue weighted by Crippen LogP contribution is 2.50. The van der Waals surface area contributed by atoms with Crippen LogP contribution in [0.2, 0.25) is 0 Å². The molecule has 0 aliphatic carbocycles. The first kappa shape index (κ1) is 30.1. The van der Waals surface area contributed by atoms with Gasteiger partial charge < -0.3 is 65.3 Å². The zero-order chi connectivity index (χ0) is 29.5. The van der Waals surface area contributed by atoms with Gasteiger partial charge in [-0.3, -0.25) is 4.79 Å². The van der Waals surface area contributed by atoms with Gasteiger partial charge in [0.25, 0.3) is 0 Å². The van der Waals surface area contributed by atoms with E-state index in [0.717, 1.165) is 0 Å². The molecule has 0 saturated carbocycles. The number of aliphatic hydroxyl groups excluding tert-OH is 8. The number of phenols is 2. The molecule has 0 bridgehead atoms. The molecule has 14 nitrogen and oxygen atoms in total. The van der Waals surface area contributed by atoms with Gasteiger partial charge >= 0.3 is 0 Å². The molecular formula is C26H32O14. The summed E-state index contributed by atoms with van der Waals surface area (Å²) in [5, 5.41) is 104. The van der Waals surface area contributed by atoms with Crippen molar-refractivity contribution in [2.45, 2.75) is 68.1 Å². The van der Waals surface area contributed by atoms with E-state index < -0.39 is 109 Å². The minimum atomic E-state index is -1.97. The van der Waals surface area contributed by atoms with Crippen LogP contribution in [0.15, 0.2) is 30.3 Å². The van der Waals surface area contributed by atoms with Gasteiger partial charge in [-0.2, -0.15) is 0 Å². The Morgan fingerprint density at radius 2 is 1.32 bits per heavy atom. The van der Waals surface area contributed by atoms with Gasteiger partial charge in [-0.25, -0.2) is 0 Å². The lowest BCUT2D eigenvalue weighted by Gasteiger charge is -2.42. The van der Waals surface area contributed by atoms with Crippen molar-refractivity contribution in [3.63, 3.8) is 0 Å². The fraction of sp³-hybridized carbons (Fsp3) is 0.500. The number of hydrogen-bond donors (Lipinski definition) is 10. The monoisotopic (exact) mass is 568 g/mol. The molecule has 2 aliphatic rings. The molecule has 2 fully saturated rings. The first-order valence-electron chi connectivity index (χ1n) is 12.4. The number of rotatable bonds is 7. The minimum absolute atomic E-state index is 0.0647. The highest BCUT2D eigenvalue weighted by molar-refractivity contribution is 6.13. The van der Waals surface area contributed by atoms with Crippen LogP contribution in [0.5, 0.6) is 17.2 Å². The lowest BCUT2D eigenvalue weighted by molar-refractivity contribution is -0.278. The average molecular weight is 569 g/mol. The summed E-state index contributed by atoms with van der Waals surface area (Å²) in [6.45, 7) is -0.355. The molecule has 14 heteroatoms. The van der Waals surface area contributed by atoms with Crippen LogP contribution < -0.4 is 4.74 Å². The molecule has 2 aromatic carbocycles. The topological polar surface area (TPSA) is 247 Å². The van der Waals surface area contributed by atoms with Crippen molar-refractivity contribution in [1.29, 1.82) is 0 Å². The Morgan fingerprint density at radius 3 is 1.90 bits per heavy atom. The van der Waals surface area contributed by atoms with E-state index in [1.165, 1.54) is 19.1 Å². The standard InChI is InChI=1S/C26H32O14/c1-9-15(29)13(16(30)10-5-3-2-4-6-10)19(33)14(25-22(36)20(34)17(31)11(7-27)38-25)24(9)40-26-23(37)21(35)18(32)12(8-28)39-26/h2-6,11-12,17-18,20-23,25-29,31-37H,7-8H2,1H3/t11-,12-,17-,18-,20+,21+,22-,23-,25+,26-/m1/s1. The molecule has 4 rings (SSSR count). The van der Waals surface area contributed by atoms with Gasteiger partial charge in [0, 0.05) is 11.1 Å². The van der Waals surface area contributed by atoms with E-state index in [1.807, 2.05) is 0 Å². The van der Waals surface area contributed by atoms with Gasteiger partial charge in [0.05, 0.1) is 18.8 Å². The van der Waals surface area contributed by atoms with E-state index >= 15 is 0 Å². The molecular weight excluding hydrogens is 536 g/mol. The van der Waals surface area contributed by atoms with Crippen molar-refractivity contribution in [3.05, 3.63) is 52.6 Å². The van der Waals surface area contributed by atoms with Crippen LogP contribution in [0.1, 0.15) is 33.2 Å². The summed E-state index contributed by atoms with van der Waals surface area (Å²) in [6, 6.07) is 7.57. The third kappa shape index (κ3) is 5.14. The van der Waals surface area contributed by atoms with Gasteiger partial charge in [0.2, 0.25) is 12.1 Å². The maximum absolute atomic E-state index is 13.4. The molecule has 2 aromatic rings. The summed E-state index contributed by atoms with van der Waals surface area (Å²) < 4.78 is 16.7. The van der Waals surface area contributed by atoms with Crippen molar-refractivity contribution in [2.75, 3.05) is 13.2 Å². The Balaban J connectivity index is 1.90. The predicted octanol–water partition coefficient (Wildman–Crippen LogP) is -2.67. The third-order valence-electron chi connectivity index (χ3n) is 7.19. The van der Waals surface area contributed by atoms with E-state index in [4.69, 9.17) is 14.2 Å². The molecule has 40 heavy (non-hydrogen) atoms. The second-order valence-corrected chi connectivity index (χ2v) is 9.70. The smallest absolute Gasteiger partial charge is 0.229 e. The number of aliphatic hydroxyl groups is 8. The fourth-order valence-electron chi connectivity index (χ4n) is 4.84. The molecule has 220 valence electrons. The number of benzene rings is 2. The number of carbonyl (C=O) groups is 1. The lowest BCUT2D eigenvalue weighted by atomic mass is 9.86. The molecule has 0 unspecified atom stereocenters. The molecule has 0 radical (unpaired) electrons. The molecule has 2 saturated heterocycles.